The molecule has 2 N–H and O–H groups in total. The van der Waals surface area contributed by atoms with E-state index in [9.17, 15) is 14.7 Å². The minimum atomic E-state index is -0.683. The van der Waals surface area contributed by atoms with Gasteiger partial charge in [-0.25, -0.2) is 14.3 Å². The minimum absolute atomic E-state index is 0.116. The summed E-state index contributed by atoms with van der Waals surface area (Å²) in [5.74, 6) is -0.973. The summed E-state index contributed by atoms with van der Waals surface area (Å²) in [5.41, 5.74) is 3.25. The van der Waals surface area contributed by atoms with Gasteiger partial charge in [0.25, 0.3) is 5.91 Å². The molecule has 2 heterocycles. The van der Waals surface area contributed by atoms with Gasteiger partial charge < -0.3 is 15.2 Å². The number of benzene rings is 1. The number of aromatic nitrogens is 3. The van der Waals surface area contributed by atoms with Gasteiger partial charge in [-0.15, -0.1) is 0 Å². The molecule has 0 radical (unpaired) electrons. The van der Waals surface area contributed by atoms with E-state index in [0.717, 1.165) is 11.1 Å². The number of methoxy groups -OCH3 is 1. The van der Waals surface area contributed by atoms with Crippen molar-refractivity contribution in [3.05, 3.63) is 64.6 Å². The van der Waals surface area contributed by atoms with E-state index >= 15 is 0 Å². The van der Waals surface area contributed by atoms with Crippen LogP contribution in [0.4, 0.5) is 0 Å². The normalized spacial score (nSPS) is 18.3. The molecule has 0 aliphatic heterocycles. The molecule has 1 aromatic carbocycles. The molecule has 1 amide bonds. The number of aryl methyl sites for hydroxylation is 1. The number of rotatable bonds is 3. The van der Waals surface area contributed by atoms with Gasteiger partial charge in [0.15, 0.2) is 11.3 Å². The molecule has 2 atom stereocenters. The van der Waals surface area contributed by atoms with Crippen LogP contribution < -0.4 is 5.32 Å². The Balaban J connectivity index is 1.64. The Morgan fingerprint density at radius 1 is 1.26 bits per heavy atom. The maximum absolute atomic E-state index is 12.7. The van der Waals surface area contributed by atoms with Gasteiger partial charge in [-0.2, -0.15) is 5.10 Å². The Morgan fingerprint density at radius 3 is 2.81 bits per heavy atom. The first-order chi connectivity index (χ1) is 13.0. The first-order valence-corrected chi connectivity index (χ1v) is 8.50. The maximum Gasteiger partial charge on any atom is 0.358 e. The zero-order valence-electron chi connectivity index (χ0n) is 14.8. The lowest BCUT2D eigenvalue weighted by Crippen LogP contribution is -2.34. The molecule has 2 aromatic heterocycles. The zero-order chi connectivity index (χ0) is 19.1. The Kier molecular flexibility index (Phi) is 4.12. The average Bonchev–Trinajstić information content (AvgIpc) is 3.23. The van der Waals surface area contributed by atoms with Crippen molar-refractivity contribution in [3.63, 3.8) is 0 Å². The molecule has 1 aliphatic carbocycles. The van der Waals surface area contributed by atoms with Crippen molar-refractivity contribution in [3.8, 4) is 0 Å². The van der Waals surface area contributed by atoms with E-state index in [4.69, 9.17) is 0 Å². The third kappa shape index (κ3) is 2.93. The minimum Gasteiger partial charge on any atom is -0.464 e. The largest absolute Gasteiger partial charge is 0.464 e. The second-order valence-corrected chi connectivity index (χ2v) is 6.50. The van der Waals surface area contributed by atoms with Gasteiger partial charge in [-0.3, -0.25) is 4.79 Å². The summed E-state index contributed by atoms with van der Waals surface area (Å²) < 4.78 is 6.14. The monoisotopic (exact) mass is 366 g/mol. The summed E-state index contributed by atoms with van der Waals surface area (Å²) in [6, 6.07) is 10.2. The molecule has 3 aromatic rings. The van der Waals surface area contributed by atoms with E-state index in [2.05, 4.69) is 20.1 Å². The van der Waals surface area contributed by atoms with Crippen LogP contribution in [0.15, 0.2) is 36.4 Å². The molecule has 0 saturated heterocycles. The second-order valence-electron chi connectivity index (χ2n) is 6.50. The Morgan fingerprint density at radius 2 is 2.04 bits per heavy atom. The topological polar surface area (TPSA) is 106 Å². The van der Waals surface area contributed by atoms with Crippen LogP contribution in [0.5, 0.6) is 0 Å². The highest BCUT2D eigenvalue weighted by atomic mass is 16.5. The van der Waals surface area contributed by atoms with Crippen LogP contribution in [0.1, 0.15) is 43.8 Å². The number of fused-ring (bicyclic) bond motifs is 2. The summed E-state index contributed by atoms with van der Waals surface area (Å²) in [6.07, 6.45) is -0.186. The molecule has 0 unspecified atom stereocenters. The summed E-state index contributed by atoms with van der Waals surface area (Å²) in [5, 5.41) is 17.3. The molecule has 4 rings (SSSR count). The molecule has 8 heteroatoms. The first-order valence-electron chi connectivity index (χ1n) is 8.50. The maximum atomic E-state index is 12.7. The van der Waals surface area contributed by atoms with Crippen molar-refractivity contribution in [1.29, 1.82) is 0 Å². The standard InChI is InChI=1S/C19H18N4O4/c1-10-7-13(20-16-9-14(19(26)27-2)22-23(10)16)18(25)21-17-12-6-4-3-5-11(12)8-15(17)24/h3-7,9,15,17,24H,8H2,1-2H3,(H,21,25)/t15-,17+/m0/s1. The van der Waals surface area contributed by atoms with E-state index in [-0.39, 0.29) is 11.4 Å². The van der Waals surface area contributed by atoms with E-state index in [1.165, 1.54) is 17.7 Å². The number of hydrogen-bond acceptors (Lipinski definition) is 6. The molecule has 27 heavy (non-hydrogen) atoms. The van der Waals surface area contributed by atoms with Gasteiger partial charge in [-0.1, -0.05) is 24.3 Å². The first kappa shape index (κ1) is 17.2. The van der Waals surface area contributed by atoms with Crippen molar-refractivity contribution < 1.29 is 19.4 Å². The Labute approximate surface area is 154 Å². The second kappa shape index (κ2) is 6.48. The summed E-state index contributed by atoms with van der Waals surface area (Å²) in [6.45, 7) is 1.76. The van der Waals surface area contributed by atoms with Crippen molar-refractivity contribution in [1.82, 2.24) is 19.9 Å². The summed E-state index contributed by atoms with van der Waals surface area (Å²) in [4.78, 5) is 28.7. The Hall–Kier alpha value is -3.26. The van der Waals surface area contributed by atoms with Gasteiger partial charge in [0, 0.05) is 18.2 Å². The van der Waals surface area contributed by atoms with Gasteiger partial charge in [0.2, 0.25) is 0 Å². The molecule has 8 nitrogen and oxygen atoms in total. The number of aliphatic hydroxyl groups excluding tert-OH is 1. The van der Waals surface area contributed by atoms with Gasteiger partial charge >= 0.3 is 5.97 Å². The molecule has 0 saturated carbocycles. The fraction of sp³-hybridized carbons (Fsp3) is 0.263. The predicted octanol–water partition coefficient (Wildman–Crippen LogP) is 1.21. The Bertz CT molecular complexity index is 1060. The predicted molar refractivity (Wildman–Crippen MR) is 95.4 cm³/mol. The average molecular weight is 366 g/mol. The molecular formula is C19H18N4O4. The van der Waals surface area contributed by atoms with E-state index < -0.39 is 24.0 Å². The van der Waals surface area contributed by atoms with Crippen molar-refractivity contribution >= 4 is 17.5 Å². The van der Waals surface area contributed by atoms with Gasteiger partial charge in [0.1, 0.15) is 5.69 Å². The van der Waals surface area contributed by atoms with E-state index in [0.29, 0.717) is 17.8 Å². The van der Waals surface area contributed by atoms with Crippen molar-refractivity contribution in [2.75, 3.05) is 7.11 Å². The van der Waals surface area contributed by atoms with Crippen LogP contribution in [0.3, 0.4) is 0 Å². The number of amides is 1. The number of nitrogens with zero attached hydrogens (tertiary/aromatic N) is 3. The van der Waals surface area contributed by atoms with Gasteiger partial charge in [-0.05, 0) is 24.1 Å². The molecule has 138 valence electrons. The van der Waals surface area contributed by atoms with Crippen LogP contribution in [-0.4, -0.2) is 44.8 Å². The zero-order valence-corrected chi connectivity index (χ0v) is 14.8. The van der Waals surface area contributed by atoms with Crippen LogP contribution in [0.2, 0.25) is 0 Å². The number of esters is 1. The molecular weight excluding hydrogens is 348 g/mol. The van der Waals surface area contributed by atoms with Crippen LogP contribution >= 0.6 is 0 Å². The highest BCUT2D eigenvalue weighted by Gasteiger charge is 2.32. The summed E-state index contributed by atoms with van der Waals surface area (Å²) >= 11 is 0. The fourth-order valence-corrected chi connectivity index (χ4v) is 3.41. The molecule has 0 bridgehead atoms. The SMILES string of the molecule is COC(=O)c1cc2nc(C(=O)N[C@@H]3c4ccccc4C[C@@H]3O)cc(C)n2n1. The number of carbonyl (C=O) groups excluding carboxylic acids is 2. The number of carbonyl (C=O) groups is 2. The molecule has 0 spiro atoms. The van der Waals surface area contributed by atoms with Crippen LogP contribution in [0, 0.1) is 6.92 Å². The molecule has 0 fully saturated rings. The fourth-order valence-electron chi connectivity index (χ4n) is 3.41. The van der Waals surface area contributed by atoms with Crippen molar-refractivity contribution in [2.24, 2.45) is 0 Å². The van der Waals surface area contributed by atoms with Crippen LogP contribution in [-0.2, 0) is 11.2 Å². The van der Waals surface area contributed by atoms with E-state index in [1.54, 1.807) is 13.0 Å². The lowest BCUT2D eigenvalue weighted by Gasteiger charge is -2.18. The lowest BCUT2D eigenvalue weighted by atomic mass is 10.1. The number of nitrogens with one attached hydrogen (secondary N) is 1. The highest BCUT2D eigenvalue weighted by molar-refractivity contribution is 5.94. The quantitative estimate of drug-likeness (QED) is 0.675. The summed E-state index contributed by atoms with van der Waals surface area (Å²) in [7, 11) is 1.27. The molecule has 1 aliphatic rings. The van der Waals surface area contributed by atoms with E-state index in [1.807, 2.05) is 24.3 Å². The van der Waals surface area contributed by atoms with Crippen molar-refractivity contribution in [2.45, 2.75) is 25.5 Å². The smallest absolute Gasteiger partial charge is 0.358 e. The third-order valence-corrected chi connectivity index (χ3v) is 4.72. The number of ether oxygens (including phenoxy) is 1. The highest BCUT2D eigenvalue weighted by Crippen LogP contribution is 2.31. The number of aliphatic hydroxyl groups is 1. The van der Waals surface area contributed by atoms with Gasteiger partial charge in [0.05, 0.1) is 19.3 Å². The third-order valence-electron chi connectivity index (χ3n) is 4.72. The van der Waals surface area contributed by atoms with Crippen LogP contribution in [0.25, 0.3) is 5.65 Å². The lowest BCUT2D eigenvalue weighted by molar-refractivity contribution is 0.0593. The number of hydrogen-bond donors (Lipinski definition) is 2.